The number of fused-ring (bicyclic) bond motifs is 1. The molecule has 1 N–H and O–H groups in total. The van der Waals surface area contributed by atoms with Crippen molar-refractivity contribution in [3.05, 3.63) is 58.3 Å². The summed E-state index contributed by atoms with van der Waals surface area (Å²) in [5.74, 6) is 1.97. The van der Waals surface area contributed by atoms with E-state index >= 15 is 0 Å². The van der Waals surface area contributed by atoms with Crippen molar-refractivity contribution in [3.63, 3.8) is 0 Å². The highest BCUT2D eigenvalue weighted by atomic mass is 35.5. The lowest BCUT2D eigenvalue weighted by Crippen LogP contribution is -2.47. The zero-order valence-electron chi connectivity index (χ0n) is 26.9. The van der Waals surface area contributed by atoms with Gasteiger partial charge in [-0.25, -0.2) is 15.0 Å². The fourth-order valence-electron chi connectivity index (χ4n) is 7.66. The summed E-state index contributed by atoms with van der Waals surface area (Å²) in [4.78, 5) is 30.4. The third kappa shape index (κ3) is 8.50. The Hall–Kier alpha value is -2.94. The standard InChI is InChI=1S/C36H45Cl2N5O3/c1-36(2)10-3-5-26-6-4-12-43(32(26)7-11-36)35-39-21-30(22-40-35)46-33-16-25(23-42-13-8-24(9-14-42)17-34(44)45)15-31(41-33)27-18-28(37)20-29(38)19-27/h15-16,18-22,24,26,32H,3-14,17,23H2,1-2H3,(H,44,45). The first-order valence-electron chi connectivity index (χ1n) is 16.8. The first kappa shape index (κ1) is 33.0. The maximum atomic E-state index is 11.2. The van der Waals surface area contributed by atoms with E-state index < -0.39 is 5.97 Å². The largest absolute Gasteiger partial charge is 0.481 e. The Balaban J connectivity index is 1.20. The molecular weight excluding hydrogens is 621 g/mol. The lowest BCUT2D eigenvalue weighted by molar-refractivity contribution is -0.138. The van der Waals surface area contributed by atoms with Gasteiger partial charge in [-0.3, -0.25) is 9.69 Å². The molecule has 2 unspecified atom stereocenters. The molecule has 10 heteroatoms. The summed E-state index contributed by atoms with van der Waals surface area (Å²) in [5.41, 5.74) is 2.94. The molecule has 4 heterocycles. The van der Waals surface area contributed by atoms with Crippen LogP contribution in [0.2, 0.25) is 10.0 Å². The van der Waals surface area contributed by atoms with Crippen molar-refractivity contribution in [1.82, 2.24) is 19.9 Å². The molecule has 1 saturated carbocycles. The van der Waals surface area contributed by atoms with Gasteiger partial charge < -0.3 is 14.7 Å². The van der Waals surface area contributed by atoms with E-state index in [4.69, 9.17) is 42.9 Å². The van der Waals surface area contributed by atoms with E-state index in [0.717, 1.165) is 49.6 Å². The predicted molar refractivity (Wildman–Crippen MR) is 183 cm³/mol. The van der Waals surface area contributed by atoms with Crippen molar-refractivity contribution < 1.29 is 14.6 Å². The minimum absolute atomic E-state index is 0.229. The molecule has 8 nitrogen and oxygen atoms in total. The monoisotopic (exact) mass is 665 g/mol. The van der Waals surface area contributed by atoms with Gasteiger partial charge in [0.25, 0.3) is 0 Å². The average molecular weight is 667 g/mol. The van der Waals surface area contributed by atoms with Gasteiger partial charge in [0.15, 0.2) is 5.75 Å². The fourth-order valence-corrected chi connectivity index (χ4v) is 8.18. The average Bonchev–Trinajstić information content (AvgIpc) is 3.00. The molecule has 2 atom stereocenters. The Bertz CT molecular complexity index is 1490. The number of nitrogens with zero attached hydrogens (tertiary/aromatic N) is 5. The summed E-state index contributed by atoms with van der Waals surface area (Å²) in [6, 6.07) is 9.89. The Morgan fingerprint density at radius 3 is 2.37 bits per heavy atom. The number of aromatic nitrogens is 3. The van der Waals surface area contributed by atoms with Crippen LogP contribution in [0.3, 0.4) is 0 Å². The molecule has 3 aromatic rings. The van der Waals surface area contributed by atoms with Crippen LogP contribution < -0.4 is 9.64 Å². The predicted octanol–water partition coefficient (Wildman–Crippen LogP) is 8.90. The van der Waals surface area contributed by atoms with Gasteiger partial charge in [0.2, 0.25) is 11.8 Å². The number of piperidine rings is 2. The maximum Gasteiger partial charge on any atom is 0.303 e. The number of carboxylic acids is 1. The first-order chi connectivity index (χ1) is 22.1. The number of hydrogen-bond donors (Lipinski definition) is 1. The van der Waals surface area contributed by atoms with E-state index in [1.165, 1.54) is 44.9 Å². The summed E-state index contributed by atoms with van der Waals surface area (Å²) in [6.07, 6.45) is 14.3. The molecule has 246 valence electrons. The molecule has 0 amide bonds. The summed E-state index contributed by atoms with van der Waals surface area (Å²) in [7, 11) is 0. The molecule has 3 aliphatic rings. The highest BCUT2D eigenvalue weighted by Crippen LogP contribution is 2.41. The van der Waals surface area contributed by atoms with Gasteiger partial charge in [-0.05, 0) is 112 Å². The SMILES string of the molecule is CC1(C)CCCC2CCCN(c3ncc(Oc4cc(CN5CCC(CC(=O)O)CC5)cc(-c5cc(Cl)cc(Cl)c5)n4)cn3)C2CC1. The normalized spacial score (nSPS) is 22.5. The third-order valence-electron chi connectivity index (χ3n) is 10.2. The van der Waals surface area contributed by atoms with Crippen LogP contribution in [0.4, 0.5) is 5.95 Å². The number of carbonyl (C=O) groups is 1. The molecule has 0 spiro atoms. The van der Waals surface area contributed by atoms with Crippen LogP contribution in [0.15, 0.2) is 42.7 Å². The first-order valence-corrected chi connectivity index (χ1v) is 17.5. The third-order valence-corrected chi connectivity index (χ3v) is 10.6. The molecule has 46 heavy (non-hydrogen) atoms. The van der Waals surface area contributed by atoms with Crippen LogP contribution in [0.25, 0.3) is 11.3 Å². The van der Waals surface area contributed by atoms with E-state index in [-0.39, 0.29) is 12.3 Å². The van der Waals surface area contributed by atoms with Gasteiger partial charge in [0, 0.05) is 47.2 Å². The molecule has 6 rings (SSSR count). The molecule has 3 fully saturated rings. The highest BCUT2D eigenvalue weighted by molar-refractivity contribution is 6.35. The number of pyridine rings is 1. The van der Waals surface area contributed by atoms with Gasteiger partial charge >= 0.3 is 5.97 Å². The fraction of sp³-hybridized carbons (Fsp3) is 0.556. The molecular formula is C36H45Cl2N5O3. The quantitative estimate of drug-likeness (QED) is 0.255. The van der Waals surface area contributed by atoms with Gasteiger partial charge in [0.05, 0.1) is 18.1 Å². The molecule has 0 radical (unpaired) electrons. The van der Waals surface area contributed by atoms with Crippen molar-refractivity contribution in [1.29, 1.82) is 0 Å². The second kappa shape index (κ2) is 14.4. The van der Waals surface area contributed by atoms with E-state index in [9.17, 15) is 9.90 Å². The molecule has 1 aromatic carbocycles. The number of rotatable bonds is 8. The number of benzene rings is 1. The van der Waals surface area contributed by atoms with Crippen LogP contribution in [-0.4, -0.2) is 56.6 Å². The second-order valence-corrected chi connectivity index (χ2v) is 15.1. The number of halogens is 2. The minimum Gasteiger partial charge on any atom is -0.481 e. The van der Waals surface area contributed by atoms with Crippen LogP contribution in [0.5, 0.6) is 11.6 Å². The van der Waals surface area contributed by atoms with Crippen molar-refractivity contribution >= 4 is 35.1 Å². The molecule has 2 saturated heterocycles. The van der Waals surface area contributed by atoms with Crippen LogP contribution in [0, 0.1) is 17.3 Å². The highest BCUT2D eigenvalue weighted by Gasteiger charge is 2.36. The number of ether oxygens (including phenoxy) is 1. The summed E-state index contributed by atoms with van der Waals surface area (Å²) in [5, 5.41) is 10.3. The Kier molecular flexibility index (Phi) is 10.4. The number of aliphatic carboxylic acids is 1. The van der Waals surface area contributed by atoms with Gasteiger partial charge in [-0.2, -0.15) is 0 Å². The smallest absolute Gasteiger partial charge is 0.303 e. The van der Waals surface area contributed by atoms with Crippen molar-refractivity contribution in [2.24, 2.45) is 17.3 Å². The Labute approximate surface area is 282 Å². The lowest BCUT2D eigenvalue weighted by atomic mass is 9.73. The van der Waals surface area contributed by atoms with Crippen molar-refractivity contribution in [3.8, 4) is 22.9 Å². The lowest BCUT2D eigenvalue weighted by Gasteiger charge is -2.44. The molecule has 0 bridgehead atoms. The zero-order chi connectivity index (χ0) is 32.3. The minimum atomic E-state index is -0.722. The van der Waals surface area contributed by atoms with Crippen LogP contribution in [0.1, 0.15) is 83.6 Å². The summed E-state index contributed by atoms with van der Waals surface area (Å²) in [6.45, 7) is 8.19. The van der Waals surface area contributed by atoms with Gasteiger partial charge in [-0.1, -0.05) is 43.5 Å². The van der Waals surface area contributed by atoms with Crippen molar-refractivity contribution in [2.75, 3.05) is 24.5 Å². The molecule has 1 aliphatic carbocycles. The Morgan fingerprint density at radius 1 is 0.935 bits per heavy atom. The zero-order valence-corrected chi connectivity index (χ0v) is 28.4. The number of carboxylic acid groups (broad SMARTS) is 1. The van der Waals surface area contributed by atoms with E-state index in [0.29, 0.717) is 51.3 Å². The molecule has 2 aliphatic heterocycles. The van der Waals surface area contributed by atoms with E-state index in [2.05, 4.69) is 23.6 Å². The number of likely N-dealkylation sites (tertiary alicyclic amines) is 1. The number of hydrogen-bond acceptors (Lipinski definition) is 7. The Morgan fingerprint density at radius 2 is 1.65 bits per heavy atom. The van der Waals surface area contributed by atoms with E-state index in [1.54, 1.807) is 18.5 Å². The van der Waals surface area contributed by atoms with Crippen LogP contribution >= 0.6 is 23.2 Å². The molecule has 2 aromatic heterocycles. The van der Waals surface area contributed by atoms with Gasteiger partial charge in [-0.15, -0.1) is 0 Å². The van der Waals surface area contributed by atoms with Gasteiger partial charge in [0.1, 0.15) is 0 Å². The number of anilines is 1. The summed E-state index contributed by atoms with van der Waals surface area (Å²) >= 11 is 12.7. The van der Waals surface area contributed by atoms with Crippen molar-refractivity contribution in [2.45, 2.75) is 90.6 Å². The summed E-state index contributed by atoms with van der Waals surface area (Å²) < 4.78 is 6.30. The van der Waals surface area contributed by atoms with E-state index in [1.807, 2.05) is 24.3 Å². The van der Waals surface area contributed by atoms with Crippen LogP contribution in [-0.2, 0) is 11.3 Å². The maximum absolute atomic E-state index is 11.2. The topological polar surface area (TPSA) is 91.7 Å². The second-order valence-electron chi connectivity index (χ2n) is 14.3.